The minimum absolute atomic E-state index is 0.251. The second-order valence-corrected chi connectivity index (χ2v) is 5.40. The zero-order valence-electron chi connectivity index (χ0n) is 10.8. The normalized spacial score (nSPS) is 42.1. The summed E-state index contributed by atoms with van der Waals surface area (Å²) in [7, 11) is 4.37. The third-order valence-electron chi connectivity index (χ3n) is 4.23. The Bertz CT molecular complexity index is 438. The molecule has 0 N–H and O–H groups in total. The number of halogens is 1. The number of fused-ring (bicyclic) bond motifs is 2. The fourth-order valence-corrected chi connectivity index (χ4v) is 3.49. The van der Waals surface area contributed by atoms with E-state index >= 15 is 0 Å². The lowest BCUT2D eigenvalue weighted by Gasteiger charge is -2.38. The summed E-state index contributed by atoms with van der Waals surface area (Å²) in [6.45, 7) is 1.65. The molecule has 2 rings (SSSR count). The van der Waals surface area contributed by atoms with Gasteiger partial charge < -0.3 is 9.47 Å². The van der Waals surface area contributed by atoms with Gasteiger partial charge in [-0.3, -0.25) is 14.5 Å². The van der Waals surface area contributed by atoms with E-state index in [-0.39, 0.29) is 6.04 Å². The number of likely N-dealkylation sites (N-methyl/N-ethyl adjacent to an activating group) is 1. The lowest BCUT2D eigenvalue weighted by molar-refractivity contribution is -0.164. The summed E-state index contributed by atoms with van der Waals surface area (Å²) in [4.78, 5) is 24.9. The summed E-state index contributed by atoms with van der Waals surface area (Å²) in [6, 6.07) is -0.251. The molecule has 18 heavy (non-hydrogen) atoms. The molecule has 2 aliphatic rings. The number of esters is 2. The van der Waals surface area contributed by atoms with Crippen LogP contribution in [0.15, 0.2) is 12.2 Å². The number of methoxy groups -OCH3 is 2. The predicted octanol–water partition coefficient (Wildman–Crippen LogP) is 0.774. The number of carbonyl (C=O) groups excluding carboxylic acids is 2. The van der Waals surface area contributed by atoms with E-state index in [1.807, 2.05) is 6.08 Å². The van der Waals surface area contributed by atoms with Crippen molar-refractivity contribution in [2.24, 2.45) is 11.3 Å². The van der Waals surface area contributed by atoms with Gasteiger partial charge in [0.2, 0.25) is 0 Å². The number of carbonyl (C=O) groups is 2. The van der Waals surface area contributed by atoms with Crippen molar-refractivity contribution in [1.82, 2.24) is 4.90 Å². The summed E-state index contributed by atoms with van der Waals surface area (Å²) in [5.74, 6) is -1.62. The third-order valence-corrected chi connectivity index (χ3v) is 5.02. The summed E-state index contributed by atoms with van der Waals surface area (Å²) in [5, 5.41) is 0. The first-order chi connectivity index (χ1) is 8.34. The molecule has 0 amide bonds. The van der Waals surface area contributed by atoms with Gasteiger partial charge in [-0.25, -0.2) is 0 Å². The van der Waals surface area contributed by atoms with Gasteiger partial charge in [0.15, 0.2) is 0 Å². The van der Waals surface area contributed by atoms with Crippen LogP contribution in [0.2, 0.25) is 0 Å². The van der Waals surface area contributed by atoms with Crippen molar-refractivity contribution >= 4 is 23.5 Å². The molecule has 4 unspecified atom stereocenters. The summed E-state index contributed by atoms with van der Waals surface area (Å²) in [6.07, 6.45) is 3.58. The Labute approximate surface area is 111 Å². The zero-order valence-corrected chi connectivity index (χ0v) is 11.5. The van der Waals surface area contributed by atoms with Gasteiger partial charge in [0, 0.05) is 6.04 Å². The molecule has 0 saturated carbocycles. The van der Waals surface area contributed by atoms with Gasteiger partial charge in [0.05, 0.1) is 20.1 Å². The number of nitrogens with zero attached hydrogens (tertiary/aromatic N) is 1. The Balaban J connectivity index is 2.56. The fraction of sp³-hybridized carbons (Fsp3) is 0.667. The molecule has 0 aromatic carbocycles. The second kappa shape index (κ2) is 3.96. The van der Waals surface area contributed by atoms with Crippen LogP contribution >= 0.6 is 11.6 Å². The van der Waals surface area contributed by atoms with Crippen molar-refractivity contribution in [1.29, 1.82) is 0 Å². The molecule has 5 nitrogen and oxygen atoms in total. The van der Waals surface area contributed by atoms with Crippen molar-refractivity contribution in [3.8, 4) is 0 Å². The van der Waals surface area contributed by atoms with Crippen LogP contribution < -0.4 is 0 Å². The SMILES string of the molecule is COC(=O)C1C2C=CC(Cl)(N2C)C1(C)C(=O)OC. The highest BCUT2D eigenvalue weighted by atomic mass is 35.5. The van der Waals surface area contributed by atoms with Crippen LogP contribution in [0, 0.1) is 11.3 Å². The molecule has 1 fully saturated rings. The molecule has 2 bridgehead atoms. The molecule has 6 heteroatoms. The van der Waals surface area contributed by atoms with Gasteiger partial charge in [0.25, 0.3) is 0 Å². The Morgan fingerprint density at radius 3 is 2.44 bits per heavy atom. The van der Waals surface area contributed by atoms with Gasteiger partial charge in [-0.1, -0.05) is 23.8 Å². The number of rotatable bonds is 2. The first-order valence-corrected chi connectivity index (χ1v) is 5.99. The van der Waals surface area contributed by atoms with E-state index in [2.05, 4.69) is 0 Å². The van der Waals surface area contributed by atoms with Crippen LogP contribution in [-0.4, -0.2) is 49.1 Å². The highest BCUT2D eigenvalue weighted by molar-refractivity contribution is 6.28. The lowest BCUT2D eigenvalue weighted by Crippen LogP contribution is -2.52. The van der Waals surface area contributed by atoms with Crippen LogP contribution in [-0.2, 0) is 19.1 Å². The zero-order chi connectivity index (χ0) is 13.7. The molecule has 4 atom stereocenters. The highest BCUT2D eigenvalue weighted by Crippen LogP contribution is 2.59. The van der Waals surface area contributed by atoms with Crippen LogP contribution in [0.5, 0.6) is 0 Å². The van der Waals surface area contributed by atoms with Crippen LogP contribution in [0.1, 0.15) is 6.92 Å². The molecule has 0 radical (unpaired) electrons. The molecule has 0 aromatic heterocycles. The van der Waals surface area contributed by atoms with E-state index in [9.17, 15) is 9.59 Å². The van der Waals surface area contributed by atoms with Crippen LogP contribution in [0.4, 0.5) is 0 Å². The van der Waals surface area contributed by atoms with E-state index < -0.39 is 28.3 Å². The Morgan fingerprint density at radius 1 is 1.33 bits per heavy atom. The average Bonchev–Trinajstić information content (AvgIpc) is 2.74. The van der Waals surface area contributed by atoms with E-state index in [4.69, 9.17) is 21.1 Å². The van der Waals surface area contributed by atoms with Gasteiger partial charge >= 0.3 is 11.9 Å². The summed E-state index contributed by atoms with van der Waals surface area (Å²) < 4.78 is 9.64. The van der Waals surface area contributed by atoms with Gasteiger partial charge in [-0.05, 0) is 14.0 Å². The Hall–Kier alpha value is -1.07. The summed E-state index contributed by atoms with van der Waals surface area (Å²) in [5.41, 5.74) is -1.16. The van der Waals surface area contributed by atoms with Crippen LogP contribution in [0.25, 0.3) is 0 Å². The summed E-state index contributed by atoms with van der Waals surface area (Å²) >= 11 is 6.55. The molecule has 0 aliphatic carbocycles. The molecule has 1 saturated heterocycles. The Morgan fingerprint density at radius 2 is 1.94 bits per heavy atom. The fourth-order valence-electron chi connectivity index (χ4n) is 3.11. The number of hydrogen-bond donors (Lipinski definition) is 0. The number of ether oxygens (including phenoxy) is 2. The Kier molecular flexibility index (Phi) is 2.94. The maximum atomic E-state index is 12.1. The van der Waals surface area contributed by atoms with E-state index in [1.165, 1.54) is 14.2 Å². The van der Waals surface area contributed by atoms with Crippen molar-refractivity contribution in [3.63, 3.8) is 0 Å². The lowest BCUT2D eigenvalue weighted by atomic mass is 9.69. The monoisotopic (exact) mass is 273 g/mol. The molecule has 2 aliphatic heterocycles. The molecule has 0 spiro atoms. The van der Waals surface area contributed by atoms with Gasteiger partial charge in [-0.2, -0.15) is 0 Å². The van der Waals surface area contributed by atoms with E-state index in [0.717, 1.165) is 0 Å². The molecule has 0 aromatic rings. The topological polar surface area (TPSA) is 55.8 Å². The maximum Gasteiger partial charge on any atom is 0.316 e. The first kappa shape index (κ1) is 13.4. The molecular formula is C12H16ClNO4. The van der Waals surface area contributed by atoms with Gasteiger partial charge in [0.1, 0.15) is 10.4 Å². The second-order valence-electron chi connectivity index (χ2n) is 4.83. The van der Waals surface area contributed by atoms with Crippen molar-refractivity contribution < 1.29 is 19.1 Å². The van der Waals surface area contributed by atoms with Crippen molar-refractivity contribution in [2.75, 3.05) is 21.3 Å². The number of alkyl halides is 1. The molecular weight excluding hydrogens is 258 g/mol. The van der Waals surface area contributed by atoms with Crippen molar-refractivity contribution in [3.05, 3.63) is 12.2 Å². The van der Waals surface area contributed by atoms with Crippen LogP contribution in [0.3, 0.4) is 0 Å². The van der Waals surface area contributed by atoms with E-state index in [0.29, 0.717) is 0 Å². The minimum atomic E-state index is -1.16. The first-order valence-electron chi connectivity index (χ1n) is 5.62. The standard InChI is InChI=1S/C12H16ClNO4/c1-11(10(16)18-4)8(9(15)17-3)7-5-6-12(11,13)14(7)2/h5-8H,1-4H3. The molecule has 2 heterocycles. The smallest absolute Gasteiger partial charge is 0.316 e. The minimum Gasteiger partial charge on any atom is -0.469 e. The molecule has 100 valence electrons. The quantitative estimate of drug-likeness (QED) is 0.322. The van der Waals surface area contributed by atoms with Crippen molar-refractivity contribution in [2.45, 2.75) is 18.0 Å². The predicted molar refractivity (Wildman–Crippen MR) is 64.9 cm³/mol. The average molecular weight is 274 g/mol. The third kappa shape index (κ3) is 1.26. The van der Waals surface area contributed by atoms with E-state index in [1.54, 1.807) is 24.9 Å². The highest BCUT2D eigenvalue weighted by Gasteiger charge is 2.72. The number of hydrogen-bond acceptors (Lipinski definition) is 5. The van der Waals surface area contributed by atoms with Gasteiger partial charge in [-0.15, -0.1) is 0 Å². The largest absolute Gasteiger partial charge is 0.469 e. The maximum absolute atomic E-state index is 12.1.